The van der Waals surface area contributed by atoms with Crippen LogP contribution in [-0.2, 0) is 42.4 Å². The molecule has 3 N–H and O–H groups in total. The molecule has 1 aliphatic carbocycles. The summed E-state index contributed by atoms with van der Waals surface area (Å²) in [6.45, 7) is 11.1. The third-order valence-corrected chi connectivity index (χ3v) is 11.1. The number of fused-ring (bicyclic) bond motifs is 2. The van der Waals surface area contributed by atoms with Gasteiger partial charge in [-0.1, -0.05) is 45.9 Å². The summed E-state index contributed by atoms with van der Waals surface area (Å²) in [5.74, 6) is -2.69. The van der Waals surface area contributed by atoms with Crippen LogP contribution in [0.15, 0.2) is 48.8 Å². The Kier molecular flexibility index (Phi) is 9.94. The summed E-state index contributed by atoms with van der Waals surface area (Å²) in [5, 5.41) is 7.06. The van der Waals surface area contributed by atoms with Gasteiger partial charge in [0.05, 0.1) is 17.5 Å². The number of carbonyl (C=O) groups excluding carboxylic acids is 3. The average Bonchev–Trinajstić information content (AvgIpc) is 3.53. The lowest BCUT2D eigenvalue weighted by Crippen LogP contribution is -2.45. The molecule has 0 spiro atoms. The first-order valence-electron chi connectivity index (χ1n) is 17.0. The van der Waals surface area contributed by atoms with E-state index in [1.54, 1.807) is 77.1 Å². The fraction of sp³-hybridized carbons (Fsp3) is 0.559. The molecule has 4 heterocycles. The number of esters is 3. The van der Waals surface area contributed by atoms with Gasteiger partial charge in [-0.25, -0.2) is 14.1 Å². The molecule has 1 saturated carbocycles. The van der Waals surface area contributed by atoms with Gasteiger partial charge < -0.3 is 34.1 Å². The lowest BCUT2D eigenvalue weighted by Gasteiger charge is -2.31. The van der Waals surface area contributed by atoms with Crippen LogP contribution in [-0.4, -0.2) is 93.1 Å². The van der Waals surface area contributed by atoms with Crippen LogP contribution in [0.5, 0.6) is 5.75 Å². The van der Waals surface area contributed by atoms with Crippen molar-refractivity contribution in [1.29, 1.82) is 0 Å². The number of nitrogens with one attached hydrogen (secondary N) is 1. The Balaban J connectivity index is 1.38. The Bertz CT molecular complexity index is 1840. The molecule has 2 aromatic heterocycles. The van der Waals surface area contributed by atoms with Gasteiger partial charge in [0.2, 0.25) is 5.60 Å². The van der Waals surface area contributed by atoms with Gasteiger partial charge >= 0.3 is 25.7 Å². The summed E-state index contributed by atoms with van der Waals surface area (Å²) < 4.78 is 53.3. The molecule has 0 amide bonds. The van der Waals surface area contributed by atoms with Crippen LogP contribution >= 0.6 is 7.75 Å². The number of hydrogen-bond donors (Lipinski definition) is 2. The van der Waals surface area contributed by atoms with Crippen molar-refractivity contribution < 1.29 is 46.9 Å². The number of hydrogen-bond acceptors (Lipinski definition) is 14. The maximum Gasteiger partial charge on any atom is 0.459 e. The minimum Gasteiger partial charge on any atom is -0.460 e. The number of ether oxygens (including phenoxy) is 4. The van der Waals surface area contributed by atoms with Crippen molar-refractivity contribution in [3.05, 3.63) is 54.5 Å². The first kappa shape index (κ1) is 36.7. The molecule has 17 heteroatoms. The second-order valence-corrected chi connectivity index (χ2v) is 15.7. The second kappa shape index (κ2) is 13.8. The highest BCUT2D eigenvalue weighted by atomic mass is 31.2. The molecule has 3 aliphatic rings. The van der Waals surface area contributed by atoms with Crippen molar-refractivity contribution in [1.82, 2.24) is 24.6 Å². The fourth-order valence-electron chi connectivity index (χ4n) is 6.56. The van der Waals surface area contributed by atoms with Crippen molar-refractivity contribution >= 4 is 37.0 Å². The van der Waals surface area contributed by atoms with E-state index in [1.165, 1.54) is 17.8 Å². The first-order chi connectivity index (χ1) is 24.1. The van der Waals surface area contributed by atoms with Crippen LogP contribution in [0.4, 0.5) is 5.82 Å². The summed E-state index contributed by atoms with van der Waals surface area (Å²) in [4.78, 5) is 46.1. The van der Waals surface area contributed by atoms with Crippen LogP contribution in [0.1, 0.15) is 59.8 Å². The van der Waals surface area contributed by atoms with E-state index in [2.05, 4.69) is 15.2 Å². The Hall–Kier alpha value is -4.08. The predicted octanol–water partition coefficient (Wildman–Crippen LogP) is 3.46. The van der Waals surface area contributed by atoms with Crippen LogP contribution < -0.4 is 15.3 Å². The van der Waals surface area contributed by atoms with Crippen molar-refractivity contribution in [3.63, 3.8) is 0 Å². The van der Waals surface area contributed by atoms with E-state index in [4.69, 9.17) is 33.7 Å². The maximum absolute atomic E-state index is 14.8. The smallest absolute Gasteiger partial charge is 0.459 e. The standard InChI is InChI=1S/C34H45N6O10P/c1-19(2)29(41)46-27-26(24-13-14-25-28(35)36-18-37-40(24)25)47-33(6)32(34(27,33)48-30(42)20(3)4)50-51(44,49-22-11-9-8-10-12-22)38-21(5)31(43)45-23-15-16-39(7)17-23/h8-14,18-21,23,26-27,32H,15-17H2,1-7H3,(H,38,44)(H2,35,36,37)/t21-,23-,26-,27-,32?,33+,34+,51-/m0/s1. The third-order valence-electron chi connectivity index (χ3n) is 9.46. The summed E-state index contributed by atoms with van der Waals surface area (Å²) in [5.41, 5.74) is 3.66. The van der Waals surface area contributed by atoms with E-state index < -0.39 is 73.0 Å². The summed E-state index contributed by atoms with van der Waals surface area (Å²) in [7, 11) is -2.60. The number of likely N-dealkylation sites (N-methyl/N-ethyl adjacent to an activating group) is 1. The maximum atomic E-state index is 14.8. The molecule has 2 saturated heterocycles. The Morgan fingerprint density at radius 3 is 2.37 bits per heavy atom. The molecule has 0 bridgehead atoms. The zero-order valence-electron chi connectivity index (χ0n) is 29.7. The number of likely N-dealkylation sites (tertiary alicyclic amines) is 1. The van der Waals surface area contributed by atoms with Crippen LogP contribution in [0.2, 0.25) is 0 Å². The van der Waals surface area contributed by atoms with Crippen molar-refractivity contribution in [2.75, 3.05) is 25.9 Å². The van der Waals surface area contributed by atoms with Gasteiger partial charge in [-0.3, -0.25) is 18.9 Å². The molecule has 51 heavy (non-hydrogen) atoms. The average molecular weight is 729 g/mol. The van der Waals surface area contributed by atoms with E-state index in [9.17, 15) is 18.9 Å². The van der Waals surface area contributed by atoms with E-state index in [1.807, 2.05) is 11.9 Å². The molecule has 0 radical (unpaired) electrons. The number of para-hydroxylation sites is 1. The van der Waals surface area contributed by atoms with E-state index >= 15 is 0 Å². The predicted molar refractivity (Wildman–Crippen MR) is 182 cm³/mol. The quantitative estimate of drug-likeness (QED) is 0.147. The molecular weight excluding hydrogens is 683 g/mol. The molecular formula is C34H45N6O10P. The summed E-state index contributed by atoms with van der Waals surface area (Å²) in [6.07, 6.45) is -2.05. The number of carbonyl (C=O) groups is 3. The van der Waals surface area contributed by atoms with Crippen LogP contribution in [0.3, 0.4) is 0 Å². The number of rotatable bonds is 13. The molecule has 16 nitrogen and oxygen atoms in total. The molecule has 1 unspecified atom stereocenters. The fourth-order valence-corrected chi connectivity index (χ4v) is 8.33. The SMILES string of the molecule is CC(C)C(=O)O[C@H]1[C@H](c2ccc3c(N)ncnn23)O[C@]2(C)C(O[P@](=O)(N[C@@H](C)C(=O)O[C@H]3CCN(C)C3)Oc3ccccc3)[C@]12OC(=O)C(C)C. The van der Waals surface area contributed by atoms with E-state index in [-0.39, 0.29) is 17.7 Å². The number of benzene rings is 1. The van der Waals surface area contributed by atoms with Crippen molar-refractivity contribution in [3.8, 4) is 5.75 Å². The second-order valence-electron chi connectivity index (χ2n) is 14.1. The van der Waals surface area contributed by atoms with Crippen LogP contribution in [0, 0.1) is 11.8 Å². The molecule has 8 atom stereocenters. The summed E-state index contributed by atoms with van der Waals surface area (Å²) in [6, 6.07) is 10.5. The lowest BCUT2D eigenvalue weighted by molar-refractivity contribution is -0.181. The molecule has 2 aliphatic heterocycles. The monoisotopic (exact) mass is 728 g/mol. The third kappa shape index (κ3) is 6.83. The zero-order valence-corrected chi connectivity index (χ0v) is 30.6. The van der Waals surface area contributed by atoms with Gasteiger partial charge in [-0.2, -0.15) is 10.2 Å². The topological polar surface area (TPSA) is 195 Å². The number of aromatic nitrogens is 3. The Labute approximate surface area is 295 Å². The Morgan fingerprint density at radius 1 is 1.02 bits per heavy atom. The van der Waals surface area contributed by atoms with Gasteiger partial charge in [0, 0.05) is 13.1 Å². The van der Waals surface area contributed by atoms with Gasteiger partial charge in [0.15, 0.2) is 11.9 Å². The van der Waals surface area contributed by atoms with Gasteiger partial charge in [-0.05, 0) is 51.6 Å². The van der Waals surface area contributed by atoms with Gasteiger partial charge in [0.25, 0.3) is 0 Å². The largest absolute Gasteiger partial charge is 0.460 e. The van der Waals surface area contributed by atoms with Crippen molar-refractivity contribution in [2.24, 2.45) is 11.8 Å². The zero-order chi connectivity index (χ0) is 36.9. The first-order valence-corrected chi connectivity index (χ1v) is 18.5. The number of nitrogens with two attached hydrogens (primary N) is 1. The van der Waals surface area contributed by atoms with Crippen LogP contribution in [0.25, 0.3) is 5.52 Å². The van der Waals surface area contributed by atoms with E-state index in [0.717, 1.165) is 6.54 Å². The number of nitrogen functional groups attached to an aromatic ring is 1. The highest BCUT2D eigenvalue weighted by Gasteiger charge is 2.91. The normalized spacial score (nSPS) is 29.0. The number of anilines is 1. The van der Waals surface area contributed by atoms with Crippen molar-refractivity contribution in [2.45, 2.75) is 89.6 Å². The van der Waals surface area contributed by atoms with Gasteiger partial charge in [0.1, 0.15) is 47.5 Å². The molecule has 1 aromatic carbocycles. The molecule has 6 rings (SSSR count). The minimum absolute atomic E-state index is 0.175. The minimum atomic E-state index is -4.53. The van der Waals surface area contributed by atoms with E-state index in [0.29, 0.717) is 24.2 Å². The number of nitrogens with zero attached hydrogens (tertiary/aromatic N) is 4. The highest BCUT2D eigenvalue weighted by Crippen LogP contribution is 2.71. The molecule has 3 fully saturated rings. The summed E-state index contributed by atoms with van der Waals surface area (Å²) >= 11 is 0. The Morgan fingerprint density at radius 2 is 1.73 bits per heavy atom. The molecule has 3 aromatic rings. The highest BCUT2D eigenvalue weighted by molar-refractivity contribution is 7.52. The lowest BCUT2D eigenvalue weighted by atomic mass is 10.0. The van der Waals surface area contributed by atoms with Gasteiger partial charge in [-0.15, -0.1) is 0 Å². The molecule has 276 valence electrons.